The van der Waals surface area contributed by atoms with Gasteiger partial charge >= 0.3 is 0 Å². The van der Waals surface area contributed by atoms with Crippen LogP contribution in [0, 0.1) is 0 Å². The highest BCUT2D eigenvalue weighted by atomic mass is 16.3. The van der Waals surface area contributed by atoms with Gasteiger partial charge in [0.05, 0.1) is 0 Å². The van der Waals surface area contributed by atoms with Gasteiger partial charge in [0.15, 0.2) is 0 Å². The fourth-order valence-electron chi connectivity index (χ4n) is 2.65. The molecule has 0 unspecified atom stereocenters. The Bertz CT molecular complexity index is 493. The third-order valence-corrected chi connectivity index (χ3v) is 3.46. The predicted molar refractivity (Wildman–Crippen MR) is 64.4 cm³/mol. The van der Waals surface area contributed by atoms with Gasteiger partial charge in [-0.3, -0.25) is 0 Å². The van der Waals surface area contributed by atoms with Crippen LogP contribution in [-0.2, 0) is 12.0 Å². The topological polar surface area (TPSA) is 20.2 Å². The lowest BCUT2D eigenvalue weighted by Gasteiger charge is -2.33. The van der Waals surface area contributed by atoms with Crippen molar-refractivity contribution in [1.82, 2.24) is 0 Å². The minimum Gasteiger partial charge on any atom is -0.381 e. The van der Waals surface area contributed by atoms with Crippen LogP contribution in [0.3, 0.4) is 0 Å². The molecule has 2 aromatic carbocycles. The molecule has 0 aliphatic heterocycles. The van der Waals surface area contributed by atoms with Gasteiger partial charge in [-0.15, -0.1) is 0 Å². The Balaban J connectivity index is 2.28. The zero-order chi connectivity index (χ0) is 11.2. The van der Waals surface area contributed by atoms with Crippen LogP contribution in [0.2, 0.25) is 0 Å². The first-order valence-electron chi connectivity index (χ1n) is 5.59. The molecule has 16 heavy (non-hydrogen) atoms. The second kappa shape index (κ2) is 3.19. The van der Waals surface area contributed by atoms with Crippen molar-refractivity contribution in [3.8, 4) is 0 Å². The first-order valence-corrected chi connectivity index (χ1v) is 5.59. The SMILES string of the molecule is CC1(O)c2ccccc2Cc2ccccc21. The highest BCUT2D eigenvalue weighted by Gasteiger charge is 2.33. The Morgan fingerprint density at radius 3 is 1.81 bits per heavy atom. The average Bonchev–Trinajstić information content (AvgIpc) is 2.29. The van der Waals surface area contributed by atoms with E-state index in [4.69, 9.17) is 0 Å². The van der Waals surface area contributed by atoms with Gasteiger partial charge in [-0.05, 0) is 35.6 Å². The molecule has 0 radical (unpaired) electrons. The summed E-state index contributed by atoms with van der Waals surface area (Å²) in [5.41, 5.74) is 3.67. The molecule has 0 amide bonds. The second-order valence-electron chi connectivity index (χ2n) is 4.56. The van der Waals surface area contributed by atoms with E-state index in [-0.39, 0.29) is 0 Å². The second-order valence-corrected chi connectivity index (χ2v) is 4.56. The van der Waals surface area contributed by atoms with E-state index in [0.717, 1.165) is 17.5 Å². The van der Waals surface area contributed by atoms with Crippen LogP contribution in [0.15, 0.2) is 48.5 Å². The van der Waals surface area contributed by atoms with E-state index in [2.05, 4.69) is 12.1 Å². The maximum absolute atomic E-state index is 10.7. The van der Waals surface area contributed by atoms with Crippen molar-refractivity contribution in [3.05, 3.63) is 70.8 Å². The molecule has 0 atom stereocenters. The Morgan fingerprint density at radius 1 is 0.875 bits per heavy atom. The average molecular weight is 210 g/mol. The van der Waals surface area contributed by atoms with E-state index >= 15 is 0 Å². The molecule has 2 aromatic rings. The minimum atomic E-state index is -0.856. The highest BCUT2D eigenvalue weighted by Crippen LogP contribution is 2.38. The van der Waals surface area contributed by atoms with E-state index in [1.807, 2.05) is 43.3 Å². The van der Waals surface area contributed by atoms with Crippen LogP contribution in [0.4, 0.5) is 0 Å². The summed E-state index contributed by atoms with van der Waals surface area (Å²) >= 11 is 0. The molecule has 80 valence electrons. The molecular formula is C15H14O. The van der Waals surface area contributed by atoms with Crippen LogP contribution in [0.1, 0.15) is 29.2 Å². The van der Waals surface area contributed by atoms with Crippen molar-refractivity contribution in [2.75, 3.05) is 0 Å². The summed E-state index contributed by atoms with van der Waals surface area (Å²) in [6.07, 6.45) is 0.919. The predicted octanol–water partition coefficient (Wildman–Crippen LogP) is 2.85. The van der Waals surface area contributed by atoms with Crippen LogP contribution < -0.4 is 0 Å². The first kappa shape index (κ1) is 9.61. The number of hydrogen-bond donors (Lipinski definition) is 1. The van der Waals surface area contributed by atoms with Crippen molar-refractivity contribution in [3.63, 3.8) is 0 Å². The number of rotatable bonds is 0. The quantitative estimate of drug-likeness (QED) is 0.709. The fourth-order valence-corrected chi connectivity index (χ4v) is 2.65. The zero-order valence-corrected chi connectivity index (χ0v) is 9.27. The maximum atomic E-state index is 10.7. The van der Waals surface area contributed by atoms with Crippen molar-refractivity contribution in [1.29, 1.82) is 0 Å². The summed E-state index contributed by atoms with van der Waals surface area (Å²) in [4.78, 5) is 0. The first-order chi connectivity index (χ1) is 7.69. The van der Waals surface area contributed by atoms with E-state index in [0.29, 0.717) is 0 Å². The Morgan fingerprint density at radius 2 is 1.31 bits per heavy atom. The monoisotopic (exact) mass is 210 g/mol. The van der Waals surface area contributed by atoms with Gasteiger partial charge in [-0.25, -0.2) is 0 Å². The van der Waals surface area contributed by atoms with Gasteiger partial charge in [-0.2, -0.15) is 0 Å². The Hall–Kier alpha value is -1.60. The molecule has 0 fully saturated rings. The van der Waals surface area contributed by atoms with Crippen LogP contribution >= 0.6 is 0 Å². The van der Waals surface area contributed by atoms with Gasteiger partial charge in [0.2, 0.25) is 0 Å². The normalized spacial score (nSPS) is 16.4. The van der Waals surface area contributed by atoms with Gasteiger partial charge < -0.3 is 5.11 Å². The van der Waals surface area contributed by atoms with E-state index in [1.165, 1.54) is 11.1 Å². The molecule has 0 saturated heterocycles. The summed E-state index contributed by atoms with van der Waals surface area (Å²) in [6.45, 7) is 1.88. The van der Waals surface area contributed by atoms with Gasteiger partial charge in [-0.1, -0.05) is 48.5 Å². The maximum Gasteiger partial charge on any atom is 0.112 e. The summed E-state index contributed by atoms with van der Waals surface area (Å²) in [7, 11) is 0. The zero-order valence-electron chi connectivity index (χ0n) is 9.27. The molecule has 3 rings (SSSR count). The number of fused-ring (bicyclic) bond motifs is 2. The van der Waals surface area contributed by atoms with Crippen LogP contribution in [-0.4, -0.2) is 5.11 Å². The summed E-state index contributed by atoms with van der Waals surface area (Å²) < 4.78 is 0. The molecule has 1 N–H and O–H groups in total. The van der Waals surface area contributed by atoms with Crippen molar-refractivity contribution in [2.24, 2.45) is 0 Å². The summed E-state index contributed by atoms with van der Waals surface area (Å²) in [5.74, 6) is 0. The Kier molecular flexibility index (Phi) is 1.92. The van der Waals surface area contributed by atoms with Gasteiger partial charge in [0.1, 0.15) is 5.60 Å². The van der Waals surface area contributed by atoms with Crippen molar-refractivity contribution in [2.45, 2.75) is 18.9 Å². The van der Waals surface area contributed by atoms with Gasteiger partial charge in [0.25, 0.3) is 0 Å². The van der Waals surface area contributed by atoms with E-state index in [1.54, 1.807) is 0 Å². The number of aliphatic hydroxyl groups is 1. The highest BCUT2D eigenvalue weighted by molar-refractivity contribution is 5.50. The van der Waals surface area contributed by atoms with Crippen LogP contribution in [0.5, 0.6) is 0 Å². The molecule has 1 nitrogen and oxygen atoms in total. The number of hydrogen-bond acceptors (Lipinski definition) is 1. The summed E-state index contributed by atoms with van der Waals surface area (Å²) in [6, 6.07) is 16.3. The third-order valence-electron chi connectivity index (χ3n) is 3.46. The van der Waals surface area contributed by atoms with E-state index in [9.17, 15) is 5.11 Å². The molecule has 0 spiro atoms. The molecule has 1 aliphatic carbocycles. The lowest BCUT2D eigenvalue weighted by Crippen LogP contribution is -2.29. The molecular weight excluding hydrogens is 196 g/mol. The Labute approximate surface area is 95.4 Å². The molecule has 1 heteroatoms. The largest absolute Gasteiger partial charge is 0.381 e. The number of benzene rings is 2. The minimum absolute atomic E-state index is 0.856. The molecule has 1 aliphatic rings. The molecule has 0 aromatic heterocycles. The van der Waals surface area contributed by atoms with Crippen molar-refractivity contribution >= 4 is 0 Å². The smallest absolute Gasteiger partial charge is 0.112 e. The molecule has 0 heterocycles. The lowest BCUT2D eigenvalue weighted by atomic mass is 9.76. The fraction of sp³-hybridized carbons (Fsp3) is 0.200. The lowest BCUT2D eigenvalue weighted by molar-refractivity contribution is 0.0979. The third kappa shape index (κ3) is 1.22. The molecule has 0 saturated carbocycles. The summed E-state index contributed by atoms with van der Waals surface area (Å²) in [5, 5.41) is 10.7. The van der Waals surface area contributed by atoms with Crippen molar-refractivity contribution < 1.29 is 5.11 Å². The van der Waals surface area contributed by atoms with Gasteiger partial charge in [0, 0.05) is 0 Å². The standard InChI is InChI=1S/C15H14O/c1-15(16)13-8-4-2-6-11(13)10-12-7-3-5-9-14(12)15/h2-9,16H,10H2,1H3. The molecule has 0 bridgehead atoms. The van der Waals surface area contributed by atoms with E-state index < -0.39 is 5.60 Å². The van der Waals surface area contributed by atoms with Crippen LogP contribution in [0.25, 0.3) is 0 Å².